The molecule has 0 aliphatic heterocycles. The minimum Gasteiger partial charge on any atom is -0.302 e. The van der Waals surface area contributed by atoms with Crippen molar-refractivity contribution in [2.45, 2.75) is 30.8 Å². The van der Waals surface area contributed by atoms with Crippen LogP contribution in [-0.4, -0.2) is 25.8 Å². The highest BCUT2D eigenvalue weighted by molar-refractivity contribution is 8.00. The van der Waals surface area contributed by atoms with Gasteiger partial charge in [0, 0.05) is 17.7 Å². The summed E-state index contributed by atoms with van der Waals surface area (Å²) in [5, 5.41) is 8.90. The Kier molecular flexibility index (Phi) is 5.28. The lowest BCUT2D eigenvalue weighted by atomic mass is 10.1. The van der Waals surface area contributed by atoms with Crippen molar-refractivity contribution in [1.82, 2.24) is 14.8 Å². The monoisotopic (exact) mass is 355 g/mol. The number of benzene rings is 2. The van der Waals surface area contributed by atoms with E-state index in [9.17, 15) is 9.18 Å². The maximum Gasteiger partial charge on any atom is 0.192 e. The molecule has 0 N–H and O–H groups in total. The Morgan fingerprint density at radius 1 is 1.12 bits per heavy atom. The largest absolute Gasteiger partial charge is 0.302 e. The number of carbonyl (C=O) groups excluding carboxylic acids is 1. The van der Waals surface area contributed by atoms with Gasteiger partial charge in [0.05, 0.1) is 5.25 Å². The number of thioether (sulfide) groups is 1. The first-order valence-electron chi connectivity index (χ1n) is 8.05. The van der Waals surface area contributed by atoms with E-state index in [1.54, 1.807) is 0 Å². The molecule has 0 saturated carbocycles. The molecular formula is C19H18FN3OS. The molecule has 0 aliphatic rings. The third-order valence-electron chi connectivity index (χ3n) is 3.85. The summed E-state index contributed by atoms with van der Waals surface area (Å²) in [6.45, 7) is 4.55. The first-order valence-corrected chi connectivity index (χ1v) is 8.93. The molecule has 4 nitrogen and oxygen atoms in total. The van der Waals surface area contributed by atoms with Crippen molar-refractivity contribution in [2.24, 2.45) is 0 Å². The van der Waals surface area contributed by atoms with Gasteiger partial charge in [0.15, 0.2) is 16.8 Å². The third-order valence-corrected chi connectivity index (χ3v) is 4.93. The van der Waals surface area contributed by atoms with Crippen LogP contribution in [0, 0.1) is 5.82 Å². The fraction of sp³-hybridized carbons (Fsp3) is 0.211. The summed E-state index contributed by atoms with van der Waals surface area (Å²) < 4.78 is 15.0. The molecule has 2 aromatic carbocycles. The van der Waals surface area contributed by atoms with Crippen LogP contribution >= 0.6 is 11.8 Å². The van der Waals surface area contributed by atoms with Gasteiger partial charge in [0.1, 0.15) is 5.82 Å². The van der Waals surface area contributed by atoms with Crippen molar-refractivity contribution in [3.63, 3.8) is 0 Å². The van der Waals surface area contributed by atoms with Gasteiger partial charge in [-0.25, -0.2) is 4.39 Å². The zero-order valence-electron chi connectivity index (χ0n) is 14.0. The molecule has 0 amide bonds. The molecule has 0 aliphatic carbocycles. The molecule has 0 radical (unpaired) electrons. The fourth-order valence-corrected chi connectivity index (χ4v) is 3.51. The lowest BCUT2D eigenvalue weighted by Gasteiger charge is -2.11. The van der Waals surface area contributed by atoms with E-state index in [-0.39, 0.29) is 16.9 Å². The van der Waals surface area contributed by atoms with E-state index in [0.717, 1.165) is 11.4 Å². The maximum absolute atomic E-state index is 13.0. The highest BCUT2D eigenvalue weighted by atomic mass is 32.2. The summed E-state index contributed by atoms with van der Waals surface area (Å²) in [6, 6.07) is 15.4. The first-order chi connectivity index (χ1) is 12.1. The van der Waals surface area contributed by atoms with Crippen molar-refractivity contribution in [2.75, 3.05) is 0 Å². The molecule has 25 heavy (non-hydrogen) atoms. The topological polar surface area (TPSA) is 47.8 Å². The van der Waals surface area contributed by atoms with Crippen LogP contribution in [-0.2, 0) is 6.54 Å². The van der Waals surface area contributed by atoms with E-state index in [2.05, 4.69) is 10.2 Å². The second-order valence-corrected chi connectivity index (χ2v) is 6.86. The number of hydrogen-bond acceptors (Lipinski definition) is 4. The standard InChI is InChI=1S/C19H18FN3OS/c1-3-23-18(15-7-5-4-6-8-15)21-22-19(23)25-13(2)17(24)14-9-11-16(20)12-10-14/h4-13H,3H2,1-2H3. The van der Waals surface area contributed by atoms with Gasteiger partial charge in [-0.2, -0.15) is 0 Å². The van der Waals surface area contributed by atoms with Gasteiger partial charge in [-0.05, 0) is 38.1 Å². The van der Waals surface area contributed by atoms with Crippen LogP contribution in [0.3, 0.4) is 0 Å². The molecule has 1 aromatic heterocycles. The Labute approximate surface area is 150 Å². The van der Waals surface area contributed by atoms with Gasteiger partial charge in [0.2, 0.25) is 0 Å². The smallest absolute Gasteiger partial charge is 0.192 e. The second-order valence-electron chi connectivity index (χ2n) is 5.55. The lowest BCUT2D eigenvalue weighted by molar-refractivity contribution is 0.0994. The second kappa shape index (κ2) is 7.61. The van der Waals surface area contributed by atoms with E-state index in [4.69, 9.17) is 0 Å². The molecular weight excluding hydrogens is 337 g/mol. The molecule has 3 aromatic rings. The van der Waals surface area contributed by atoms with Gasteiger partial charge in [-0.1, -0.05) is 42.1 Å². The number of Topliss-reactive ketones (excluding diaryl/α,β-unsaturated/α-hetero) is 1. The van der Waals surface area contributed by atoms with E-state index in [0.29, 0.717) is 17.3 Å². The molecule has 128 valence electrons. The number of aromatic nitrogens is 3. The average molecular weight is 355 g/mol. The Hall–Kier alpha value is -2.47. The van der Waals surface area contributed by atoms with E-state index in [1.807, 2.05) is 48.7 Å². The average Bonchev–Trinajstić information content (AvgIpc) is 3.05. The molecule has 0 saturated heterocycles. The highest BCUT2D eigenvalue weighted by Gasteiger charge is 2.21. The van der Waals surface area contributed by atoms with Crippen LogP contribution in [0.2, 0.25) is 0 Å². The van der Waals surface area contributed by atoms with Crippen molar-refractivity contribution >= 4 is 17.5 Å². The van der Waals surface area contributed by atoms with Crippen molar-refractivity contribution in [3.8, 4) is 11.4 Å². The SMILES string of the molecule is CCn1c(SC(C)C(=O)c2ccc(F)cc2)nnc1-c1ccccc1. The molecule has 3 rings (SSSR count). The first kappa shape index (κ1) is 17.4. The predicted molar refractivity (Wildman–Crippen MR) is 97.2 cm³/mol. The summed E-state index contributed by atoms with van der Waals surface area (Å²) in [4.78, 5) is 12.5. The van der Waals surface area contributed by atoms with Gasteiger partial charge in [-0.15, -0.1) is 10.2 Å². The Morgan fingerprint density at radius 3 is 2.44 bits per heavy atom. The van der Waals surface area contributed by atoms with Crippen LogP contribution in [0.1, 0.15) is 24.2 Å². The number of carbonyl (C=O) groups is 1. The Morgan fingerprint density at radius 2 is 1.80 bits per heavy atom. The zero-order valence-corrected chi connectivity index (χ0v) is 14.8. The van der Waals surface area contributed by atoms with Crippen molar-refractivity contribution < 1.29 is 9.18 Å². The molecule has 0 spiro atoms. The number of hydrogen-bond donors (Lipinski definition) is 0. The predicted octanol–water partition coefficient (Wildman–Crippen LogP) is 4.47. The zero-order chi connectivity index (χ0) is 17.8. The molecule has 1 heterocycles. The van der Waals surface area contributed by atoms with Crippen LogP contribution in [0.5, 0.6) is 0 Å². The van der Waals surface area contributed by atoms with Crippen molar-refractivity contribution in [3.05, 3.63) is 66.0 Å². The quantitative estimate of drug-likeness (QED) is 0.484. The minimum atomic E-state index is -0.352. The Bertz CT molecular complexity index is 862. The van der Waals surface area contributed by atoms with E-state index in [1.165, 1.54) is 36.0 Å². The van der Waals surface area contributed by atoms with Crippen LogP contribution in [0.4, 0.5) is 4.39 Å². The Balaban J connectivity index is 1.82. The van der Waals surface area contributed by atoms with Crippen LogP contribution in [0.15, 0.2) is 59.8 Å². The van der Waals surface area contributed by atoms with Gasteiger partial charge in [0.25, 0.3) is 0 Å². The van der Waals surface area contributed by atoms with Gasteiger partial charge in [-0.3, -0.25) is 4.79 Å². The van der Waals surface area contributed by atoms with E-state index < -0.39 is 0 Å². The van der Waals surface area contributed by atoms with E-state index >= 15 is 0 Å². The summed E-state index contributed by atoms with van der Waals surface area (Å²) >= 11 is 1.36. The summed E-state index contributed by atoms with van der Waals surface area (Å²) in [6.07, 6.45) is 0. The normalized spacial score (nSPS) is 12.1. The third kappa shape index (κ3) is 3.79. The number of halogens is 1. The highest BCUT2D eigenvalue weighted by Crippen LogP contribution is 2.28. The lowest BCUT2D eigenvalue weighted by Crippen LogP contribution is -2.14. The fourth-order valence-electron chi connectivity index (χ4n) is 2.52. The molecule has 0 fully saturated rings. The summed E-state index contributed by atoms with van der Waals surface area (Å²) in [5.74, 6) is 0.374. The molecule has 0 bridgehead atoms. The van der Waals surface area contributed by atoms with Crippen LogP contribution < -0.4 is 0 Å². The molecule has 6 heteroatoms. The molecule has 1 unspecified atom stereocenters. The van der Waals surface area contributed by atoms with Gasteiger partial charge < -0.3 is 4.57 Å². The number of rotatable bonds is 6. The summed E-state index contributed by atoms with van der Waals surface area (Å²) in [5.41, 5.74) is 1.48. The summed E-state index contributed by atoms with van der Waals surface area (Å²) in [7, 11) is 0. The van der Waals surface area contributed by atoms with Crippen LogP contribution in [0.25, 0.3) is 11.4 Å². The van der Waals surface area contributed by atoms with Crippen molar-refractivity contribution in [1.29, 1.82) is 0 Å². The number of nitrogens with zero attached hydrogens (tertiary/aromatic N) is 3. The maximum atomic E-state index is 13.0. The molecule has 1 atom stereocenters. The number of ketones is 1. The van der Waals surface area contributed by atoms with Gasteiger partial charge >= 0.3 is 0 Å². The minimum absolute atomic E-state index is 0.0584.